The highest BCUT2D eigenvalue weighted by Gasteiger charge is 1.85. The summed E-state index contributed by atoms with van der Waals surface area (Å²) in [6.45, 7) is 8.00. The van der Waals surface area contributed by atoms with Crippen LogP contribution in [0, 0.1) is 0 Å². The van der Waals surface area contributed by atoms with Crippen LogP contribution in [-0.4, -0.2) is 0 Å². The number of rotatable bonds is 0. The van der Waals surface area contributed by atoms with Crippen molar-refractivity contribution in [3.8, 4) is 0 Å². The van der Waals surface area contributed by atoms with Gasteiger partial charge in [-0.1, -0.05) is 120 Å². The molecule has 0 amide bonds. The van der Waals surface area contributed by atoms with E-state index in [2.05, 4.69) is 48.5 Å². The molecular weight excluding hydrogens is 252 g/mol. The van der Waals surface area contributed by atoms with Crippen LogP contribution in [0.2, 0.25) is 0 Å². The zero-order chi connectivity index (χ0) is 15.1. The highest BCUT2D eigenvalue weighted by atomic mass is 13.9. The van der Waals surface area contributed by atoms with Crippen LogP contribution >= 0.6 is 0 Å². The summed E-state index contributed by atoms with van der Waals surface area (Å²) in [7, 11) is 0. The summed E-state index contributed by atoms with van der Waals surface area (Å²) in [5.41, 5.74) is 0. The van der Waals surface area contributed by atoms with Gasteiger partial charge in [0.1, 0.15) is 0 Å². The Balaban J connectivity index is 0. The molecule has 3 rings (SSSR count). The molecule has 0 heterocycles. The van der Waals surface area contributed by atoms with Gasteiger partial charge in [0.15, 0.2) is 0 Å². The zero-order valence-corrected chi connectivity index (χ0v) is 13.1. The molecule has 0 aliphatic heterocycles. The molecule has 0 fully saturated rings. The SMILES string of the molecule is C.CC.CC.c1ccc2ccccc2c1.c1ccccc1. The predicted octanol–water partition coefficient (Wildman–Crippen LogP) is 7.21. The molecule has 114 valence electrons. The lowest BCUT2D eigenvalue weighted by atomic mass is 10.1. The minimum Gasteiger partial charge on any atom is -0.0776 e. The Morgan fingerprint density at radius 2 is 0.571 bits per heavy atom. The second-order valence-electron chi connectivity index (χ2n) is 3.50. The van der Waals surface area contributed by atoms with E-state index in [9.17, 15) is 0 Å². The molecule has 3 aromatic rings. The molecule has 0 saturated heterocycles. The third kappa shape index (κ3) is 9.45. The second kappa shape index (κ2) is 16.0. The maximum absolute atomic E-state index is 2.12. The molecule has 0 atom stereocenters. The first kappa shape index (κ1) is 21.2. The molecule has 0 radical (unpaired) electrons. The van der Waals surface area contributed by atoms with Crippen LogP contribution in [0.25, 0.3) is 10.8 Å². The van der Waals surface area contributed by atoms with E-state index < -0.39 is 0 Å². The Morgan fingerprint density at radius 1 is 0.381 bits per heavy atom. The predicted molar refractivity (Wildman–Crippen MR) is 99.8 cm³/mol. The van der Waals surface area contributed by atoms with Crippen LogP contribution in [0.4, 0.5) is 0 Å². The van der Waals surface area contributed by atoms with Gasteiger partial charge in [-0.25, -0.2) is 0 Å². The quantitative estimate of drug-likeness (QED) is 0.408. The smallest absolute Gasteiger partial charge is 0.0184 e. The van der Waals surface area contributed by atoms with Crippen LogP contribution in [0.5, 0.6) is 0 Å². The normalized spacial score (nSPS) is 7.62. The molecule has 0 heteroatoms. The molecule has 0 nitrogen and oxygen atoms in total. The molecule has 21 heavy (non-hydrogen) atoms. The topological polar surface area (TPSA) is 0 Å². The maximum Gasteiger partial charge on any atom is -0.0184 e. The van der Waals surface area contributed by atoms with Crippen LogP contribution in [0.15, 0.2) is 84.9 Å². The molecule has 0 N–H and O–H groups in total. The summed E-state index contributed by atoms with van der Waals surface area (Å²) < 4.78 is 0. The summed E-state index contributed by atoms with van der Waals surface area (Å²) in [5, 5.41) is 2.62. The molecule has 3 aromatic carbocycles. The Morgan fingerprint density at radius 3 is 0.762 bits per heavy atom. The standard InChI is InChI=1S/C10H8.C6H6.2C2H6.CH4/c1-2-6-10-8-4-3-7-9(10)5-1;1-2-4-6-5-3-1;2*1-2;/h1-8H;1-6H;2*1-2H3;1H4. The molecular formula is C21H30. The van der Waals surface area contributed by atoms with E-state index in [1.54, 1.807) is 0 Å². The van der Waals surface area contributed by atoms with Crippen molar-refractivity contribution in [3.63, 3.8) is 0 Å². The van der Waals surface area contributed by atoms with E-state index in [1.807, 2.05) is 64.1 Å². The van der Waals surface area contributed by atoms with E-state index in [0.717, 1.165) is 0 Å². The molecule has 0 saturated carbocycles. The fourth-order valence-corrected chi connectivity index (χ4v) is 1.52. The lowest BCUT2D eigenvalue weighted by Gasteiger charge is -1.92. The van der Waals surface area contributed by atoms with Crippen molar-refractivity contribution in [1.29, 1.82) is 0 Å². The first-order valence-corrected chi connectivity index (χ1v) is 7.40. The first-order valence-electron chi connectivity index (χ1n) is 7.40. The van der Waals surface area contributed by atoms with Crippen molar-refractivity contribution >= 4 is 10.8 Å². The largest absolute Gasteiger partial charge is 0.0776 e. The number of benzene rings is 3. The van der Waals surface area contributed by atoms with Crippen molar-refractivity contribution in [2.75, 3.05) is 0 Å². The van der Waals surface area contributed by atoms with Gasteiger partial charge in [-0.2, -0.15) is 0 Å². The van der Waals surface area contributed by atoms with Gasteiger partial charge in [0.05, 0.1) is 0 Å². The molecule has 0 unspecified atom stereocenters. The van der Waals surface area contributed by atoms with Crippen LogP contribution in [-0.2, 0) is 0 Å². The van der Waals surface area contributed by atoms with Gasteiger partial charge < -0.3 is 0 Å². The highest BCUT2D eigenvalue weighted by molar-refractivity contribution is 5.81. The van der Waals surface area contributed by atoms with E-state index in [0.29, 0.717) is 0 Å². The van der Waals surface area contributed by atoms with Crippen molar-refractivity contribution < 1.29 is 0 Å². The molecule has 0 aliphatic rings. The lowest BCUT2D eigenvalue weighted by Crippen LogP contribution is -1.67. The van der Waals surface area contributed by atoms with Gasteiger partial charge in [0, 0.05) is 0 Å². The Labute approximate surface area is 131 Å². The fourth-order valence-electron chi connectivity index (χ4n) is 1.52. The van der Waals surface area contributed by atoms with Crippen molar-refractivity contribution in [3.05, 3.63) is 84.9 Å². The van der Waals surface area contributed by atoms with Crippen molar-refractivity contribution in [1.82, 2.24) is 0 Å². The van der Waals surface area contributed by atoms with Crippen LogP contribution < -0.4 is 0 Å². The Kier molecular flexibility index (Phi) is 16.1. The minimum atomic E-state index is 0. The molecule has 0 aliphatic carbocycles. The number of hydrogen-bond acceptors (Lipinski definition) is 0. The second-order valence-corrected chi connectivity index (χ2v) is 3.50. The zero-order valence-electron chi connectivity index (χ0n) is 13.1. The van der Waals surface area contributed by atoms with E-state index in [-0.39, 0.29) is 7.43 Å². The number of hydrogen-bond donors (Lipinski definition) is 0. The Hall–Kier alpha value is -2.08. The highest BCUT2D eigenvalue weighted by Crippen LogP contribution is 2.11. The van der Waals surface area contributed by atoms with E-state index in [1.165, 1.54) is 10.8 Å². The monoisotopic (exact) mass is 282 g/mol. The van der Waals surface area contributed by atoms with Gasteiger partial charge in [0.25, 0.3) is 0 Å². The maximum atomic E-state index is 2.12. The molecule has 0 spiro atoms. The molecule has 0 aromatic heterocycles. The third-order valence-electron chi connectivity index (χ3n) is 2.33. The lowest BCUT2D eigenvalue weighted by molar-refractivity contribution is 1.50. The average molecular weight is 282 g/mol. The summed E-state index contributed by atoms with van der Waals surface area (Å²) in [6, 6.07) is 28.7. The minimum absolute atomic E-state index is 0. The van der Waals surface area contributed by atoms with Crippen LogP contribution in [0.3, 0.4) is 0 Å². The fraction of sp³-hybridized carbons (Fsp3) is 0.238. The van der Waals surface area contributed by atoms with E-state index in [4.69, 9.17) is 0 Å². The van der Waals surface area contributed by atoms with Crippen molar-refractivity contribution in [2.24, 2.45) is 0 Å². The average Bonchev–Trinajstić information content (AvgIpc) is 2.61. The first-order chi connectivity index (χ1) is 9.97. The van der Waals surface area contributed by atoms with E-state index >= 15 is 0 Å². The summed E-state index contributed by atoms with van der Waals surface area (Å²) in [4.78, 5) is 0. The Bertz CT molecular complexity index is 434. The van der Waals surface area contributed by atoms with Crippen molar-refractivity contribution in [2.45, 2.75) is 35.1 Å². The van der Waals surface area contributed by atoms with Crippen LogP contribution in [0.1, 0.15) is 35.1 Å². The number of fused-ring (bicyclic) bond motifs is 1. The third-order valence-corrected chi connectivity index (χ3v) is 2.33. The van der Waals surface area contributed by atoms with Gasteiger partial charge in [-0.05, 0) is 10.8 Å². The summed E-state index contributed by atoms with van der Waals surface area (Å²) >= 11 is 0. The molecule has 0 bridgehead atoms. The van der Waals surface area contributed by atoms with Gasteiger partial charge in [-0.3, -0.25) is 0 Å². The summed E-state index contributed by atoms with van der Waals surface area (Å²) in [6.07, 6.45) is 0. The van der Waals surface area contributed by atoms with Gasteiger partial charge in [-0.15, -0.1) is 0 Å². The summed E-state index contributed by atoms with van der Waals surface area (Å²) in [5.74, 6) is 0. The van der Waals surface area contributed by atoms with Gasteiger partial charge >= 0.3 is 0 Å². The van der Waals surface area contributed by atoms with Gasteiger partial charge in [0.2, 0.25) is 0 Å².